The molecule has 0 saturated carbocycles. The minimum absolute atomic E-state index is 0.264. The summed E-state index contributed by atoms with van der Waals surface area (Å²) in [4.78, 5) is 11.7. The van der Waals surface area contributed by atoms with Gasteiger partial charge in [0.1, 0.15) is 5.82 Å². The number of nitrogens with one attached hydrogen (secondary N) is 1. The summed E-state index contributed by atoms with van der Waals surface area (Å²) in [5.41, 5.74) is 3.59. The smallest absolute Gasteiger partial charge is 0.265 e. The van der Waals surface area contributed by atoms with Gasteiger partial charge in [-0.05, 0) is 0 Å². The average Bonchev–Trinajstić information content (AvgIpc) is 2.27. The van der Waals surface area contributed by atoms with E-state index in [4.69, 9.17) is 5.84 Å². The van der Waals surface area contributed by atoms with Gasteiger partial charge in [0.25, 0.3) is 5.91 Å². The van der Waals surface area contributed by atoms with Crippen LogP contribution in [0.15, 0.2) is 47.8 Å². The molecule has 0 atom stereocenters. The molecule has 1 aromatic carbocycles. The van der Waals surface area contributed by atoms with Crippen molar-refractivity contribution in [1.82, 2.24) is 10.4 Å². The largest absolute Gasteiger partial charge is 0.294 e. The van der Waals surface area contributed by atoms with E-state index in [1.54, 1.807) is 12.1 Å². The molecular formula is C10H10N4O. The van der Waals surface area contributed by atoms with Crippen LogP contribution in [0.25, 0.3) is 0 Å². The third-order valence-electron chi connectivity index (χ3n) is 2.06. The van der Waals surface area contributed by atoms with Crippen LogP contribution in [0.5, 0.6) is 0 Å². The van der Waals surface area contributed by atoms with Crippen LogP contribution in [0.1, 0.15) is 5.56 Å². The van der Waals surface area contributed by atoms with Gasteiger partial charge in [0.2, 0.25) is 0 Å². The molecule has 15 heavy (non-hydrogen) atoms. The van der Waals surface area contributed by atoms with Crippen molar-refractivity contribution in [3.8, 4) is 0 Å². The standard InChI is InChI=1S/C10H10N4O/c1-7-12-13-9(10(15)14(7)11)8-5-3-2-4-6-8/h2-6,12H,1,11H2. The zero-order valence-electron chi connectivity index (χ0n) is 7.97. The molecule has 0 spiro atoms. The Balaban J connectivity index is 2.39. The molecule has 1 aliphatic rings. The summed E-state index contributed by atoms with van der Waals surface area (Å²) in [6.45, 7) is 3.54. The van der Waals surface area contributed by atoms with Crippen LogP contribution in [0.3, 0.4) is 0 Å². The first kappa shape index (κ1) is 9.42. The fourth-order valence-corrected chi connectivity index (χ4v) is 1.24. The predicted molar refractivity (Wildman–Crippen MR) is 56.3 cm³/mol. The Morgan fingerprint density at radius 2 is 2.00 bits per heavy atom. The van der Waals surface area contributed by atoms with Crippen molar-refractivity contribution in [2.24, 2.45) is 10.9 Å². The van der Waals surface area contributed by atoms with E-state index in [9.17, 15) is 4.79 Å². The van der Waals surface area contributed by atoms with Gasteiger partial charge in [-0.3, -0.25) is 10.2 Å². The molecule has 1 aromatic rings. The topological polar surface area (TPSA) is 70.7 Å². The normalized spacial score (nSPS) is 16.1. The molecular weight excluding hydrogens is 192 g/mol. The third-order valence-corrected chi connectivity index (χ3v) is 2.06. The van der Waals surface area contributed by atoms with Gasteiger partial charge in [-0.25, -0.2) is 10.9 Å². The first-order valence-corrected chi connectivity index (χ1v) is 4.37. The van der Waals surface area contributed by atoms with Crippen LogP contribution < -0.4 is 11.3 Å². The fraction of sp³-hybridized carbons (Fsp3) is 0. The van der Waals surface area contributed by atoms with E-state index in [0.717, 1.165) is 10.6 Å². The minimum Gasteiger partial charge on any atom is -0.265 e. The molecule has 0 aromatic heterocycles. The Labute approximate surface area is 86.8 Å². The number of rotatable bonds is 1. The van der Waals surface area contributed by atoms with Crippen molar-refractivity contribution in [1.29, 1.82) is 0 Å². The number of hydrogen-bond acceptors (Lipinski definition) is 4. The number of carbonyl (C=O) groups excluding carboxylic acids is 1. The van der Waals surface area contributed by atoms with Gasteiger partial charge >= 0.3 is 0 Å². The molecule has 1 heterocycles. The number of nitrogens with two attached hydrogens (primary N) is 1. The van der Waals surface area contributed by atoms with Gasteiger partial charge in [-0.1, -0.05) is 36.9 Å². The monoisotopic (exact) mass is 202 g/mol. The molecule has 5 nitrogen and oxygen atoms in total. The second-order valence-electron chi connectivity index (χ2n) is 3.06. The average molecular weight is 202 g/mol. The SMILES string of the molecule is C=C1NN=C(c2ccccc2)C(=O)N1N. The fourth-order valence-electron chi connectivity index (χ4n) is 1.24. The highest BCUT2D eigenvalue weighted by Crippen LogP contribution is 2.08. The van der Waals surface area contributed by atoms with Crippen LogP contribution in [0.4, 0.5) is 0 Å². The Morgan fingerprint density at radius 3 is 2.67 bits per heavy atom. The lowest BCUT2D eigenvalue weighted by molar-refractivity contribution is -0.123. The summed E-state index contributed by atoms with van der Waals surface area (Å²) in [5.74, 6) is 5.38. The van der Waals surface area contributed by atoms with E-state index in [0.29, 0.717) is 0 Å². The maximum absolute atomic E-state index is 11.7. The second kappa shape index (κ2) is 3.55. The van der Waals surface area contributed by atoms with Crippen molar-refractivity contribution in [2.45, 2.75) is 0 Å². The van der Waals surface area contributed by atoms with Crippen LogP contribution in [-0.2, 0) is 4.79 Å². The number of carbonyl (C=O) groups is 1. The molecule has 76 valence electrons. The van der Waals surface area contributed by atoms with E-state index >= 15 is 0 Å². The van der Waals surface area contributed by atoms with Crippen LogP contribution >= 0.6 is 0 Å². The van der Waals surface area contributed by atoms with Crippen molar-refractivity contribution in [3.63, 3.8) is 0 Å². The van der Waals surface area contributed by atoms with Crippen molar-refractivity contribution >= 4 is 11.6 Å². The summed E-state index contributed by atoms with van der Waals surface area (Å²) in [7, 11) is 0. The summed E-state index contributed by atoms with van der Waals surface area (Å²) >= 11 is 0. The highest BCUT2D eigenvalue weighted by molar-refractivity contribution is 6.45. The maximum atomic E-state index is 11.7. The minimum atomic E-state index is -0.370. The number of hydrogen-bond donors (Lipinski definition) is 2. The molecule has 1 aliphatic heterocycles. The Hall–Kier alpha value is -2.14. The molecule has 0 bridgehead atoms. The first-order chi connectivity index (χ1) is 7.20. The number of nitrogens with zero attached hydrogens (tertiary/aromatic N) is 2. The van der Waals surface area contributed by atoms with Crippen molar-refractivity contribution in [3.05, 3.63) is 48.3 Å². The van der Waals surface area contributed by atoms with E-state index in [1.807, 2.05) is 18.2 Å². The van der Waals surface area contributed by atoms with E-state index in [1.165, 1.54) is 0 Å². The molecule has 5 heteroatoms. The highest BCUT2D eigenvalue weighted by atomic mass is 16.2. The Morgan fingerprint density at radius 1 is 1.33 bits per heavy atom. The molecule has 0 saturated heterocycles. The van der Waals surface area contributed by atoms with Gasteiger partial charge in [-0.15, -0.1) is 0 Å². The van der Waals surface area contributed by atoms with Gasteiger partial charge in [-0.2, -0.15) is 5.10 Å². The molecule has 3 N–H and O–H groups in total. The molecule has 0 aliphatic carbocycles. The van der Waals surface area contributed by atoms with Crippen molar-refractivity contribution < 1.29 is 4.79 Å². The summed E-state index contributed by atoms with van der Waals surface area (Å²) < 4.78 is 0. The van der Waals surface area contributed by atoms with Crippen LogP contribution in [-0.4, -0.2) is 16.6 Å². The lowest BCUT2D eigenvalue weighted by atomic mass is 10.1. The maximum Gasteiger partial charge on any atom is 0.294 e. The summed E-state index contributed by atoms with van der Waals surface area (Å²) in [6.07, 6.45) is 0. The Bertz CT molecular complexity index is 438. The van der Waals surface area contributed by atoms with Gasteiger partial charge in [0.15, 0.2) is 5.71 Å². The van der Waals surface area contributed by atoms with Crippen molar-refractivity contribution in [2.75, 3.05) is 0 Å². The Kier molecular flexibility index (Phi) is 2.23. The number of hydrazine groups is 1. The highest BCUT2D eigenvalue weighted by Gasteiger charge is 2.24. The summed E-state index contributed by atoms with van der Waals surface area (Å²) in [5, 5.41) is 4.85. The predicted octanol–water partition coefficient (Wildman–Crippen LogP) is 0.167. The number of hydrazone groups is 1. The molecule has 0 unspecified atom stereocenters. The lowest BCUT2D eigenvalue weighted by Gasteiger charge is -2.23. The van der Waals surface area contributed by atoms with E-state index in [2.05, 4.69) is 17.1 Å². The zero-order chi connectivity index (χ0) is 10.8. The quantitative estimate of drug-likeness (QED) is 0.503. The first-order valence-electron chi connectivity index (χ1n) is 4.37. The van der Waals surface area contributed by atoms with Crippen LogP contribution in [0.2, 0.25) is 0 Å². The number of amides is 1. The third kappa shape index (κ3) is 1.60. The van der Waals surface area contributed by atoms with Gasteiger partial charge < -0.3 is 0 Å². The van der Waals surface area contributed by atoms with Gasteiger partial charge in [0.05, 0.1) is 0 Å². The van der Waals surface area contributed by atoms with Crippen LogP contribution in [0, 0.1) is 0 Å². The lowest BCUT2D eigenvalue weighted by Crippen LogP contribution is -2.48. The molecule has 2 rings (SSSR count). The van der Waals surface area contributed by atoms with E-state index in [-0.39, 0.29) is 17.4 Å². The van der Waals surface area contributed by atoms with Gasteiger partial charge in [0, 0.05) is 5.56 Å². The summed E-state index contributed by atoms with van der Waals surface area (Å²) in [6, 6.07) is 9.11. The molecule has 0 fully saturated rings. The molecule has 1 amide bonds. The second-order valence-corrected chi connectivity index (χ2v) is 3.06. The zero-order valence-corrected chi connectivity index (χ0v) is 7.97. The van der Waals surface area contributed by atoms with E-state index < -0.39 is 0 Å². The number of benzene rings is 1. The molecule has 0 radical (unpaired) electrons.